The van der Waals surface area contributed by atoms with Crippen molar-refractivity contribution < 1.29 is 24.6 Å². The molecule has 33 heavy (non-hydrogen) atoms. The van der Waals surface area contributed by atoms with Crippen molar-refractivity contribution >= 4 is 23.7 Å². The van der Waals surface area contributed by atoms with E-state index in [4.69, 9.17) is 22.3 Å². The summed E-state index contributed by atoms with van der Waals surface area (Å²) in [4.78, 5) is 54.2. The molecule has 2 amide bonds. The summed E-state index contributed by atoms with van der Waals surface area (Å²) >= 11 is 0. The highest BCUT2D eigenvalue weighted by Crippen LogP contribution is 2.14. The van der Waals surface area contributed by atoms with Crippen molar-refractivity contribution in [2.75, 3.05) is 19.6 Å². The molecule has 0 fully saturated rings. The van der Waals surface area contributed by atoms with Gasteiger partial charge in [-0.2, -0.15) is 0 Å². The van der Waals surface area contributed by atoms with Crippen molar-refractivity contribution in [3.63, 3.8) is 0 Å². The summed E-state index contributed by atoms with van der Waals surface area (Å²) in [5.74, 6) is -3.23. The second-order valence-electron chi connectivity index (χ2n) is 7.44. The maximum absolute atomic E-state index is 12.4. The predicted molar refractivity (Wildman–Crippen MR) is 120 cm³/mol. The van der Waals surface area contributed by atoms with Gasteiger partial charge in [0.15, 0.2) is 5.96 Å². The lowest BCUT2D eigenvalue weighted by Crippen LogP contribution is -2.49. The van der Waals surface area contributed by atoms with Crippen LogP contribution < -0.4 is 33.5 Å². The number of hydrogen-bond donors (Lipinski definition) is 8. The largest absolute Gasteiger partial charge is 0.493 e. The van der Waals surface area contributed by atoms with Crippen LogP contribution in [0.1, 0.15) is 44.2 Å². The molecule has 11 N–H and O–H groups in total. The number of H-pyrrole nitrogens is 1. The summed E-state index contributed by atoms with van der Waals surface area (Å²) < 4.78 is 0.790. The first-order valence-corrected chi connectivity index (χ1v) is 10.7. The van der Waals surface area contributed by atoms with Crippen LogP contribution in [-0.4, -0.2) is 69.2 Å². The summed E-state index contributed by atoms with van der Waals surface area (Å²) in [6.45, 7) is 0.612. The van der Waals surface area contributed by atoms with Gasteiger partial charge >= 0.3 is 11.7 Å². The number of aryl methyl sites for hydroxylation is 1. The molecule has 0 aliphatic heterocycles. The number of aliphatic carboxylic acids is 1. The van der Waals surface area contributed by atoms with E-state index in [-0.39, 0.29) is 24.6 Å². The fourth-order valence-corrected chi connectivity index (χ4v) is 3.02. The van der Waals surface area contributed by atoms with Gasteiger partial charge in [0.2, 0.25) is 17.7 Å². The number of carboxylic acids is 1. The molecule has 0 spiro atoms. The molecule has 0 bridgehead atoms. The van der Waals surface area contributed by atoms with Gasteiger partial charge in [0.1, 0.15) is 12.6 Å². The third-order valence-electron chi connectivity index (χ3n) is 4.67. The molecule has 0 saturated carbocycles. The molecule has 0 radical (unpaired) electrons. The quantitative estimate of drug-likeness (QED) is 0.0733. The first-order chi connectivity index (χ1) is 15.6. The average Bonchev–Trinajstić information content (AvgIpc) is 3.00. The topological polar surface area (TPSA) is 244 Å². The van der Waals surface area contributed by atoms with Gasteiger partial charge in [0.25, 0.3) is 0 Å². The highest BCUT2D eigenvalue weighted by Gasteiger charge is 2.24. The van der Waals surface area contributed by atoms with E-state index in [0.29, 0.717) is 25.9 Å². The number of imidazole rings is 1. The summed E-state index contributed by atoms with van der Waals surface area (Å²) in [6.07, 6.45) is 3.42. The zero-order valence-electron chi connectivity index (χ0n) is 18.5. The van der Waals surface area contributed by atoms with E-state index in [9.17, 15) is 24.3 Å². The number of amides is 2. The van der Waals surface area contributed by atoms with Crippen LogP contribution >= 0.6 is 0 Å². The number of aromatic amines is 1. The molecule has 0 aromatic carbocycles. The smallest absolute Gasteiger partial charge is 0.329 e. The van der Waals surface area contributed by atoms with Crippen LogP contribution in [0.5, 0.6) is 5.88 Å². The van der Waals surface area contributed by atoms with E-state index < -0.39 is 48.4 Å². The second-order valence-corrected chi connectivity index (χ2v) is 7.44. The van der Waals surface area contributed by atoms with Gasteiger partial charge in [-0.15, -0.1) is 0 Å². The van der Waals surface area contributed by atoms with Crippen LogP contribution in [0.15, 0.2) is 9.79 Å². The molecule has 1 aromatic rings. The number of rotatable bonds is 16. The number of aromatic hydroxyl groups is 1. The highest BCUT2D eigenvalue weighted by atomic mass is 16.4. The van der Waals surface area contributed by atoms with E-state index in [0.717, 1.165) is 23.8 Å². The molecule has 0 saturated heterocycles. The number of carbonyl (C=O) groups is 3. The Labute approximate surface area is 190 Å². The Morgan fingerprint density at radius 2 is 1.82 bits per heavy atom. The van der Waals surface area contributed by atoms with Gasteiger partial charge in [-0.05, 0) is 32.2 Å². The maximum atomic E-state index is 12.4. The number of unbranched alkanes of at least 4 members (excludes halogenated alkanes) is 3. The second kappa shape index (κ2) is 14.5. The predicted octanol–water partition coefficient (Wildman–Crippen LogP) is -2.32. The molecular weight excluding hydrogens is 436 g/mol. The summed E-state index contributed by atoms with van der Waals surface area (Å²) in [5, 5.41) is 24.2. The number of carbonyl (C=O) groups excluding carboxylic acids is 2. The minimum atomic E-state index is -1.32. The zero-order chi connectivity index (χ0) is 24.8. The fourth-order valence-electron chi connectivity index (χ4n) is 3.02. The zero-order valence-corrected chi connectivity index (χ0v) is 18.5. The molecule has 0 unspecified atom stereocenters. The molecule has 186 valence electrons. The third-order valence-corrected chi connectivity index (χ3v) is 4.67. The van der Waals surface area contributed by atoms with Gasteiger partial charge in [-0.25, -0.2) is 4.79 Å². The number of hydrogen-bond acceptors (Lipinski definition) is 7. The summed E-state index contributed by atoms with van der Waals surface area (Å²) in [7, 11) is 0. The van der Waals surface area contributed by atoms with E-state index in [1.54, 1.807) is 0 Å². The Bertz CT molecular complexity index is 874. The maximum Gasteiger partial charge on any atom is 0.329 e. The number of aliphatic imine (C=N–C) groups is 1. The molecule has 0 aliphatic carbocycles. The Morgan fingerprint density at radius 1 is 1.12 bits per heavy atom. The van der Waals surface area contributed by atoms with Crippen molar-refractivity contribution in [3.8, 4) is 5.88 Å². The minimum Gasteiger partial charge on any atom is -0.493 e. The van der Waals surface area contributed by atoms with Crippen molar-refractivity contribution in [1.29, 1.82) is 0 Å². The Morgan fingerprint density at radius 3 is 2.45 bits per heavy atom. The lowest BCUT2D eigenvalue weighted by Gasteiger charge is -2.17. The Hall–Kier alpha value is -3.55. The molecular formula is C19H34N8O6. The minimum absolute atomic E-state index is 0.0755. The van der Waals surface area contributed by atoms with Gasteiger partial charge in [-0.1, -0.05) is 12.8 Å². The molecule has 1 atom stereocenters. The van der Waals surface area contributed by atoms with E-state index in [2.05, 4.69) is 20.6 Å². The monoisotopic (exact) mass is 470 g/mol. The van der Waals surface area contributed by atoms with Crippen molar-refractivity contribution in [1.82, 2.24) is 20.2 Å². The van der Waals surface area contributed by atoms with E-state index in [1.807, 2.05) is 0 Å². The Kier molecular flexibility index (Phi) is 12.1. The fraction of sp³-hybridized carbons (Fsp3) is 0.632. The average molecular weight is 471 g/mol. The van der Waals surface area contributed by atoms with Crippen molar-refractivity contribution in [3.05, 3.63) is 16.2 Å². The van der Waals surface area contributed by atoms with Crippen molar-refractivity contribution in [2.24, 2.45) is 22.2 Å². The normalized spacial score (nSPS) is 11.5. The molecule has 14 heteroatoms. The summed E-state index contributed by atoms with van der Waals surface area (Å²) in [5.41, 5.74) is 15.4. The number of nitrogens with two attached hydrogens (primary N) is 3. The van der Waals surface area contributed by atoms with Gasteiger partial charge in [0.05, 0.1) is 12.1 Å². The standard InChI is InChI=1S/C19H34N8O6/c20-7-3-1-2-4-8-23-16(31)13(10-15(29)30)25-14(28)11-27-17(32)12(26-19(27)33)6-5-9-24-18(21)22/h13,32H,1-11,20H2,(H,23,31)(H,25,28)(H,26,33)(H,29,30)(H4,21,22,24)/t13-/m0/s1. The summed E-state index contributed by atoms with van der Waals surface area (Å²) in [6, 6.07) is -1.32. The van der Waals surface area contributed by atoms with Crippen LogP contribution in [0.25, 0.3) is 0 Å². The van der Waals surface area contributed by atoms with E-state index >= 15 is 0 Å². The number of aromatic nitrogens is 2. The van der Waals surface area contributed by atoms with Gasteiger partial charge < -0.3 is 43.0 Å². The highest BCUT2D eigenvalue weighted by molar-refractivity contribution is 5.90. The Balaban J connectivity index is 2.67. The number of guanidine groups is 1. The molecule has 14 nitrogen and oxygen atoms in total. The third kappa shape index (κ3) is 10.5. The van der Waals surface area contributed by atoms with Crippen LogP contribution in [0.3, 0.4) is 0 Å². The first-order valence-electron chi connectivity index (χ1n) is 10.7. The molecule has 1 rings (SSSR count). The van der Waals surface area contributed by atoms with Crippen LogP contribution in [-0.2, 0) is 27.3 Å². The number of carboxylic acid groups (broad SMARTS) is 1. The molecule has 1 aromatic heterocycles. The van der Waals surface area contributed by atoms with Gasteiger partial charge in [-0.3, -0.25) is 23.9 Å². The van der Waals surface area contributed by atoms with Gasteiger partial charge in [0, 0.05) is 13.1 Å². The molecule has 0 aliphatic rings. The lowest BCUT2D eigenvalue weighted by atomic mass is 10.1. The van der Waals surface area contributed by atoms with E-state index in [1.165, 1.54) is 0 Å². The number of nitrogens with zero attached hydrogens (tertiary/aromatic N) is 2. The van der Waals surface area contributed by atoms with Crippen LogP contribution in [0.4, 0.5) is 0 Å². The number of nitrogens with one attached hydrogen (secondary N) is 3. The van der Waals surface area contributed by atoms with Crippen LogP contribution in [0, 0.1) is 0 Å². The van der Waals surface area contributed by atoms with Crippen LogP contribution in [0.2, 0.25) is 0 Å². The lowest BCUT2D eigenvalue weighted by molar-refractivity contribution is -0.140. The SMILES string of the molecule is NCCCCCCNC(=O)[C@H](CC(=O)O)NC(=O)Cn1c(O)c(CCCN=C(N)N)[nH]c1=O. The molecule has 1 heterocycles. The van der Waals surface area contributed by atoms with Crippen molar-refractivity contribution in [2.45, 2.75) is 57.5 Å². The first kappa shape index (κ1) is 27.5.